The molecule has 0 fully saturated rings. The Morgan fingerprint density at radius 1 is 0.850 bits per heavy atom. The fourth-order valence-corrected chi connectivity index (χ4v) is 1.93. The van der Waals surface area contributed by atoms with E-state index < -0.39 is 0 Å². The summed E-state index contributed by atoms with van der Waals surface area (Å²) < 4.78 is 0. The van der Waals surface area contributed by atoms with Crippen LogP contribution in [-0.4, -0.2) is 0 Å². The molecule has 0 saturated heterocycles. The zero-order valence-electron chi connectivity index (χ0n) is 11.8. The summed E-state index contributed by atoms with van der Waals surface area (Å²) in [7, 11) is 0. The van der Waals surface area contributed by atoms with Crippen molar-refractivity contribution in [3.63, 3.8) is 0 Å². The van der Waals surface area contributed by atoms with Crippen molar-refractivity contribution in [2.45, 2.75) is 26.2 Å². The van der Waals surface area contributed by atoms with Gasteiger partial charge < -0.3 is 0 Å². The lowest BCUT2D eigenvalue weighted by Gasteiger charge is -2.02. The summed E-state index contributed by atoms with van der Waals surface area (Å²) in [6.07, 6.45) is 8.71. The van der Waals surface area contributed by atoms with E-state index in [4.69, 9.17) is 6.42 Å². The highest BCUT2D eigenvalue weighted by Gasteiger charge is 1.97. The highest BCUT2D eigenvalue weighted by molar-refractivity contribution is 5.65. The van der Waals surface area contributed by atoms with Crippen LogP contribution in [0.3, 0.4) is 0 Å². The first-order valence-electron chi connectivity index (χ1n) is 6.99. The van der Waals surface area contributed by atoms with Crippen molar-refractivity contribution in [1.29, 1.82) is 0 Å². The molecule has 0 radical (unpaired) electrons. The maximum Gasteiger partial charge on any atom is 0.0245 e. The lowest BCUT2D eigenvalue weighted by Crippen LogP contribution is -1.80. The number of hydrogen-bond donors (Lipinski definition) is 0. The molecule has 0 bridgehead atoms. The fourth-order valence-electron chi connectivity index (χ4n) is 1.93. The van der Waals surface area contributed by atoms with E-state index in [1.54, 1.807) is 0 Å². The van der Waals surface area contributed by atoms with E-state index in [1.165, 1.54) is 24.0 Å². The molecule has 0 aliphatic heterocycles. The fraction of sp³-hybridized carbons (Fsp3) is 0.200. The molecule has 0 aromatic heterocycles. The molecule has 0 unspecified atom stereocenters. The Morgan fingerprint density at radius 2 is 1.40 bits per heavy atom. The van der Waals surface area contributed by atoms with Gasteiger partial charge >= 0.3 is 0 Å². The van der Waals surface area contributed by atoms with Gasteiger partial charge in [-0.15, -0.1) is 6.42 Å². The quantitative estimate of drug-likeness (QED) is 0.544. The van der Waals surface area contributed by atoms with Crippen molar-refractivity contribution >= 4 is 0 Å². The molecule has 2 aromatic carbocycles. The van der Waals surface area contributed by atoms with Crippen LogP contribution in [0.4, 0.5) is 0 Å². The summed E-state index contributed by atoms with van der Waals surface area (Å²) in [6, 6.07) is 16.4. The topological polar surface area (TPSA) is 0 Å². The van der Waals surface area contributed by atoms with Crippen LogP contribution in [0.2, 0.25) is 0 Å². The van der Waals surface area contributed by atoms with Crippen LogP contribution in [0, 0.1) is 24.2 Å². The summed E-state index contributed by atoms with van der Waals surface area (Å²) in [5, 5.41) is 0. The first kappa shape index (κ1) is 14.0. The summed E-state index contributed by atoms with van der Waals surface area (Å²) >= 11 is 0. The van der Waals surface area contributed by atoms with Crippen LogP contribution in [-0.2, 0) is 0 Å². The van der Waals surface area contributed by atoms with Crippen LogP contribution in [0.25, 0.3) is 11.1 Å². The number of rotatable bonds is 3. The van der Waals surface area contributed by atoms with Gasteiger partial charge in [0.25, 0.3) is 0 Å². The second kappa shape index (κ2) is 7.22. The van der Waals surface area contributed by atoms with E-state index in [1.807, 2.05) is 12.1 Å². The molecule has 0 nitrogen and oxygen atoms in total. The van der Waals surface area contributed by atoms with Crippen LogP contribution >= 0.6 is 0 Å². The summed E-state index contributed by atoms with van der Waals surface area (Å²) in [5.74, 6) is 9.03. The van der Waals surface area contributed by atoms with Crippen molar-refractivity contribution in [3.8, 4) is 35.3 Å². The van der Waals surface area contributed by atoms with Gasteiger partial charge in [0, 0.05) is 17.5 Å². The van der Waals surface area contributed by atoms with Gasteiger partial charge in [0.1, 0.15) is 0 Å². The van der Waals surface area contributed by atoms with Gasteiger partial charge in [-0.3, -0.25) is 0 Å². The third-order valence-electron chi connectivity index (χ3n) is 3.16. The van der Waals surface area contributed by atoms with Crippen molar-refractivity contribution in [3.05, 3.63) is 59.7 Å². The van der Waals surface area contributed by atoms with Gasteiger partial charge in [0.05, 0.1) is 0 Å². The second-order valence-electron chi connectivity index (χ2n) is 4.70. The predicted molar refractivity (Wildman–Crippen MR) is 86.2 cm³/mol. The Hall–Kier alpha value is -2.44. The van der Waals surface area contributed by atoms with E-state index in [2.05, 4.69) is 61.1 Å². The predicted octanol–water partition coefficient (Wildman–Crippen LogP) is 4.88. The monoisotopic (exact) mass is 258 g/mol. The molecule has 2 aromatic rings. The van der Waals surface area contributed by atoms with Gasteiger partial charge in [-0.05, 0) is 41.8 Å². The Morgan fingerprint density at radius 3 is 1.90 bits per heavy atom. The Balaban J connectivity index is 2.10. The molecule has 0 saturated carbocycles. The van der Waals surface area contributed by atoms with Crippen LogP contribution < -0.4 is 0 Å². The minimum Gasteiger partial charge on any atom is -0.115 e. The lowest BCUT2D eigenvalue weighted by molar-refractivity contribution is 0.828. The van der Waals surface area contributed by atoms with Gasteiger partial charge in [0.2, 0.25) is 0 Å². The van der Waals surface area contributed by atoms with E-state index in [-0.39, 0.29) is 0 Å². The molecule has 0 spiro atoms. The van der Waals surface area contributed by atoms with Crippen LogP contribution in [0.5, 0.6) is 0 Å². The molecule has 0 atom stereocenters. The summed E-state index contributed by atoms with van der Waals surface area (Å²) in [4.78, 5) is 0. The highest BCUT2D eigenvalue weighted by atomic mass is 14.0. The van der Waals surface area contributed by atoms with Crippen molar-refractivity contribution in [2.24, 2.45) is 0 Å². The molecular formula is C20H18. The molecule has 0 amide bonds. The first-order chi connectivity index (χ1) is 9.83. The standard InChI is InChI=1S/C20H18/c1-3-5-6-7-8-18-11-15-20(16-12-18)19-13-9-17(4-2)10-14-19/h2,9-16H,3,5-6H2,1H3. The minimum absolute atomic E-state index is 0.909. The maximum absolute atomic E-state index is 5.36. The zero-order chi connectivity index (χ0) is 14.2. The van der Waals surface area contributed by atoms with E-state index >= 15 is 0 Å². The number of benzene rings is 2. The van der Waals surface area contributed by atoms with Crippen LogP contribution in [0.1, 0.15) is 37.3 Å². The van der Waals surface area contributed by atoms with Gasteiger partial charge in [-0.25, -0.2) is 0 Å². The molecule has 0 heteroatoms. The number of hydrogen-bond acceptors (Lipinski definition) is 0. The van der Waals surface area contributed by atoms with Crippen LogP contribution in [0.15, 0.2) is 48.5 Å². The molecule has 20 heavy (non-hydrogen) atoms. The normalized spacial score (nSPS) is 9.40. The Bertz CT molecular complexity index is 640. The van der Waals surface area contributed by atoms with Gasteiger partial charge in [-0.1, -0.05) is 55.4 Å². The molecule has 98 valence electrons. The SMILES string of the molecule is C#Cc1ccc(-c2ccc(C#CCCCC)cc2)cc1. The minimum atomic E-state index is 0.909. The van der Waals surface area contributed by atoms with Gasteiger partial charge in [-0.2, -0.15) is 0 Å². The van der Waals surface area contributed by atoms with E-state index in [9.17, 15) is 0 Å². The van der Waals surface area contributed by atoms with Crippen molar-refractivity contribution in [1.82, 2.24) is 0 Å². The van der Waals surface area contributed by atoms with Crippen molar-refractivity contribution < 1.29 is 0 Å². The smallest absolute Gasteiger partial charge is 0.0245 e. The van der Waals surface area contributed by atoms with Crippen molar-refractivity contribution in [2.75, 3.05) is 0 Å². The average Bonchev–Trinajstić information content (AvgIpc) is 2.52. The lowest BCUT2D eigenvalue weighted by atomic mass is 10.0. The molecule has 2 rings (SSSR count). The van der Waals surface area contributed by atoms with E-state index in [0.29, 0.717) is 0 Å². The molecular weight excluding hydrogens is 240 g/mol. The number of unbranched alkanes of at least 4 members (excludes halogenated alkanes) is 2. The zero-order valence-corrected chi connectivity index (χ0v) is 11.8. The maximum atomic E-state index is 5.36. The molecule has 0 aliphatic carbocycles. The first-order valence-corrected chi connectivity index (χ1v) is 6.99. The Labute approximate surface area is 121 Å². The second-order valence-corrected chi connectivity index (χ2v) is 4.70. The van der Waals surface area contributed by atoms with Gasteiger partial charge in [0.15, 0.2) is 0 Å². The third-order valence-corrected chi connectivity index (χ3v) is 3.16. The number of terminal acetylenes is 1. The largest absolute Gasteiger partial charge is 0.115 e. The average molecular weight is 258 g/mol. The molecule has 0 N–H and O–H groups in total. The molecule has 0 aliphatic rings. The summed E-state index contributed by atoms with van der Waals surface area (Å²) in [5.41, 5.74) is 4.35. The van der Waals surface area contributed by atoms with E-state index in [0.717, 1.165) is 17.5 Å². The summed E-state index contributed by atoms with van der Waals surface area (Å²) in [6.45, 7) is 2.18. The third kappa shape index (κ3) is 3.78. The Kier molecular flexibility index (Phi) is 5.05. The highest BCUT2D eigenvalue weighted by Crippen LogP contribution is 2.20. The molecule has 0 heterocycles.